The van der Waals surface area contributed by atoms with Crippen molar-refractivity contribution < 1.29 is 19.0 Å². The number of aliphatic carboxylic acids is 1. The Morgan fingerprint density at radius 3 is 2.15 bits per heavy atom. The normalized spacial score (nSPS) is 13.0. The van der Waals surface area contributed by atoms with Crippen molar-refractivity contribution in [1.29, 1.82) is 5.26 Å². The van der Waals surface area contributed by atoms with Gasteiger partial charge in [0.1, 0.15) is 17.6 Å². The van der Waals surface area contributed by atoms with Crippen LogP contribution in [0.3, 0.4) is 0 Å². The first-order chi connectivity index (χ1) is 9.56. The lowest BCUT2D eigenvalue weighted by Crippen LogP contribution is -2.28. The number of carboxylic acids is 1. The zero-order valence-corrected chi connectivity index (χ0v) is 10.3. The van der Waals surface area contributed by atoms with E-state index in [9.17, 15) is 9.18 Å². The molecule has 0 amide bonds. The summed E-state index contributed by atoms with van der Waals surface area (Å²) in [5.74, 6) is -0.812. The summed E-state index contributed by atoms with van der Waals surface area (Å²) in [4.78, 5) is 10.8. The van der Waals surface area contributed by atoms with Crippen LogP contribution in [0.4, 0.5) is 4.39 Å². The van der Waals surface area contributed by atoms with Crippen molar-refractivity contribution in [2.24, 2.45) is 0 Å². The van der Waals surface area contributed by atoms with Crippen LogP contribution >= 0.6 is 0 Å². The molecule has 0 aliphatic rings. The van der Waals surface area contributed by atoms with E-state index in [0.29, 0.717) is 11.5 Å². The van der Waals surface area contributed by atoms with Crippen LogP contribution in [0.15, 0.2) is 54.6 Å². The standard InChI is InChI=1S/C15H10FNO3/c16-15(10-17,14(18)19)11-6-8-13(9-7-11)20-12-4-2-1-3-5-12/h1-9H,(H,18,19). The average molecular weight is 271 g/mol. The highest BCUT2D eigenvalue weighted by atomic mass is 19.1. The second kappa shape index (κ2) is 5.41. The van der Waals surface area contributed by atoms with Gasteiger partial charge < -0.3 is 9.84 Å². The first-order valence-electron chi connectivity index (χ1n) is 5.73. The number of hydrogen-bond acceptors (Lipinski definition) is 3. The zero-order chi connectivity index (χ0) is 14.6. The van der Waals surface area contributed by atoms with Crippen molar-refractivity contribution in [1.82, 2.24) is 0 Å². The van der Waals surface area contributed by atoms with Gasteiger partial charge in [0.15, 0.2) is 0 Å². The highest BCUT2D eigenvalue weighted by Gasteiger charge is 2.41. The van der Waals surface area contributed by atoms with Gasteiger partial charge in [-0.3, -0.25) is 0 Å². The van der Waals surface area contributed by atoms with Crippen molar-refractivity contribution in [3.63, 3.8) is 0 Å². The Morgan fingerprint density at radius 1 is 1.10 bits per heavy atom. The summed E-state index contributed by atoms with van der Waals surface area (Å²) in [6.07, 6.45) is 0. The van der Waals surface area contributed by atoms with Crippen molar-refractivity contribution in [2.75, 3.05) is 0 Å². The van der Waals surface area contributed by atoms with Gasteiger partial charge >= 0.3 is 11.6 Å². The molecule has 2 aromatic rings. The van der Waals surface area contributed by atoms with Crippen LogP contribution in [0.2, 0.25) is 0 Å². The van der Waals surface area contributed by atoms with Gasteiger partial charge in [-0.25, -0.2) is 9.18 Å². The van der Waals surface area contributed by atoms with Gasteiger partial charge in [0.05, 0.1) is 0 Å². The number of rotatable bonds is 4. The number of nitrogens with zero attached hydrogens (tertiary/aromatic N) is 1. The van der Waals surface area contributed by atoms with Crippen molar-refractivity contribution >= 4 is 5.97 Å². The molecule has 2 rings (SSSR count). The highest BCUT2D eigenvalue weighted by molar-refractivity contribution is 5.82. The highest BCUT2D eigenvalue weighted by Crippen LogP contribution is 2.29. The Hall–Kier alpha value is -2.87. The van der Waals surface area contributed by atoms with Crippen LogP contribution in [0.5, 0.6) is 11.5 Å². The Kier molecular flexibility index (Phi) is 3.67. The predicted molar refractivity (Wildman–Crippen MR) is 69.0 cm³/mol. The molecular weight excluding hydrogens is 261 g/mol. The second-order valence-corrected chi connectivity index (χ2v) is 4.01. The minimum atomic E-state index is -3.05. The van der Waals surface area contributed by atoms with Gasteiger partial charge in [-0.05, 0) is 24.3 Å². The molecule has 0 aliphatic carbocycles. The number of para-hydroxylation sites is 1. The fourth-order valence-electron chi connectivity index (χ4n) is 1.61. The largest absolute Gasteiger partial charge is 0.478 e. The van der Waals surface area contributed by atoms with Crippen LogP contribution in [-0.4, -0.2) is 11.1 Å². The monoisotopic (exact) mass is 271 g/mol. The summed E-state index contributed by atoms with van der Waals surface area (Å²) in [5, 5.41) is 17.4. The summed E-state index contributed by atoms with van der Waals surface area (Å²) < 4.78 is 19.4. The fraction of sp³-hybridized carbons (Fsp3) is 0.0667. The number of ether oxygens (including phenoxy) is 1. The Morgan fingerprint density at radius 2 is 1.65 bits per heavy atom. The Balaban J connectivity index is 2.23. The van der Waals surface area contributed by atoms with Gasteiger partial charge in [0.2, 0.25) is 0 Å². The number of carbonyl (C=O) groups is 1. The lowest BCUT2D eigenvalue weighted by molar-refractivity contribution is -0.147. The number of carboxylic acid groups (broad SMARTS) is 1. The summed E-state index contributed by atoms with van der Waals surface area (Å²) in [6, 6.07) is 15.4. The maximum absolute atomic E-state index is 13.9. The van der Waals surface area contributed by atoms with Crippen LogP contribution in [0.25, 0.3) is 0 Å². The molecule has 100 valence electrons. The van der Waals surface area contributed by atoms with E-state index in [1.54, 1.807) is 24.3 Å². The minimum Gasteiger partial charge on any atom is -0.478 e. The van der Waals surface area contributed by atoms with Gasteiger partial charge in [-0.2, -0.15) is 5.26 Å². The van der Waals surface area contributed by atoms with Crippen molar-refractivity contribution in [3.05, 3.63) is 60.2 Å². The van der Waals surface area contributed by atoms with E-state index in [4.69, 9.17) is 15.1 Å². The van der Waals surface area contributed by atoms with Crippen molar-refractivity contribution in [2.45, 2.75) is 5.67 Å². The molecule has 0 spiro atoms. The van der Waals surface area contributed by atoms with Crippen LogP contribution in [0.1, 0.15) is 5.56 Å². The molecule has 1 unspecified atom stereocenters. The molecule has 4 nitrogen and oxygen atoms in total. The van der Waals surface area contributed by atoms with E-state index in [2.05, 4.69) is 0 Å². The maximum Gasteiger partial charge on any atom is 0.361 e. The third-order valence-electron chi connectivity index (χ3n) is 2.68. The molecule has 20 heavy (non-hydrogen) atoms. The first kappa shape index (κ1) is 13.6. The van der Waals surface area contributed by atoms with E-state index in [1.165, 1.54) is 24.3 Å². The molecule has 0 saturated heterocycles. The molecule has 0 bridgehead atoms. The topological polar surface area (TPSA) is 70.3 Å². The van der Waals surface area contributed by atoms with Gasteiger partial charge in [-0.1, -0.05) is 30.3 Å². The number of hydrogen-bond donors (Lipinski definition) is 1. The van der Waals surface area contributed by atoms with Gasteiger partial charge in [-0.15, -0.1) is 0 Å². The smallest absolute Gasteiger partial charge is 0.361 e. The fourth-order valence-corrected chi connectivity index (χ4v) is 1.61. The molecule has 2 aromatic carbocycles. The molecule has 0 fully saturated rings. The van der Waals surface area contributed by atoms with E-state index in [0.717, 1.165) is 6.07 Å². The van der Waals surface area contributed by atoms with Crippen LogP contribution < -0.4 is 4.74 Å². The van der Waals surface area contributed by atoms with E-state index in [-0.39, 0.29) is 5.56 Å². The van der Waals surface area contributed by atoms with E-state index in [1.807, 2.05) is 6.07 Å². The summed E-state index contributed by atoms with van der Waals surface area (Å²) >= 11 is 0. The number of alkyl halides is 1. The number of halogens is 1. The van der Waals surface area contributed by atoms with E-state index < -0.39 is 11.6 Å². The summed E-state index contributed by atoms with van der Waals surface area (Å²) in [6.45, 7) is 0. The molecule has 1 N–H and O–H groups in total. The third kappa shape index (κ3) is 2.59. The van der Waals surface area contributed by atoms with Gasteiger partial charge in [0.25, 0.3) is 0 Å². The lowest BCUT2D eigenvalue weighted by atomic mass is 9.97. The molecule has 1 atom stereocenters. The Labute approximate surface area is 114 Å². The molecule has 0 saturated carbocycles. The van der Waals surface area contributed by atoms with Crippen LogP contribution in [0, 0.1) is 11.3 Å². The SMILES string of the molecule is N#CC(F)(C(=O)O)c1ccc(Oc2ccccc2)cc1. The van der Waals surface area contributed by atoms with Crippen LogP contribution in [-0.2, 0) is 10.5 Å². The van der Waals surface area contributed by atoms with Crippen molar-refractivity contribution in [3.8, 4) is 17.6 Å². The van der Waals surface area contributed by atoms with Gasteiger partial charge in [0, 0.05) is 5.56 Å². The maximum atomic E-state index is 13.9. The molecule has 0 radical (unpaired) electrons. The molecule has 5 heteroatoms. The predicted octanol–water partition coefficient (Wildman–Crippen LogP) is 3.25. The summed E-state index contributed by atoms with van der Waals surface area (Å²) in [7, 11) is 0. The average Bonchev–Trinajstić information content (AvgIpc) is 2.48. The quantitative estimate of drug-likeness (QED) is 0.926. The minimum absolute atomic E-state index is 0.243. The third-order valence-corrected chi connectivity index (χ3v) is 2.68. The first-order valence-corrected chi connectivity index (χ1v) is 5.73. The lowest BCUT2D eigenvalue weighted by Gasteiger charge is -2.13. The number of benzene rings is 2. The second-order valence-electron chi connectivity index (χ2n) is 4.01. The molecule has 0 aliphatic heterocycles. The Bertz CT molecular complexity index is 649. The number of nitriles is 1. The summed E-state index contributed by atoms with van der Waals surface area (Å²) in [5.41, 5.74) is -3.29. The van der Waals surface area contributed by atoms with E-state index >= 15 is 0 Å². The molecular formula is C15H10FNO3. The molecule has 0 heterocycles. The molecule has 0 aromatic heterocycles. The zero-order valence-electron chi connectivity index (χ0n) is 10.3.